The van der Waals surface area contributed by atoms with Crippen molar-refractivity contribution in [3.05, 3.63) is 35.9 Å². The van der Waals surface area contributed by atoms with Gasteiger partial charge < -0.3 is 10.5 Å². The van der Waals surface area contributed by atoms with Crippen molar-refractivity contribution in [1.29, 1.82) is 0 Å². The van der Waals surface area contributed by atoms with Crippen LogP contribution in [0.25, 0.3) is 0 Å². The van der Waals surface area contributed by atoms with Gasteiger partial charge in [-0.05, 0) is 24.9 Å². The summed E-state index contributed by atoms with van der Waals surface area (Å²) in [6.07, 6.45) is 0. The second-order valence-electron chi connectivity index (χ2n) is 5.64. The minimum Gasteiger partial charge on any atom is -0.383 e. The monoisotopic (exact) mass is 348 g/mol. The van der Waals surface area contributed by atoms with Crippen molar-refractivity contribution in [2.45, 2.75) is 18.1 Å². The molecule has 1 fully saturated rings. The van der Waals surface area contributed by atoms with Gasteiger partial charge in [0, 0.05) is 26.1 Å². The molecule has 5 nitrogen and oxygen atoms in total. The Hall–Kier alpha value is -0.660. The Labute approximate surface area is 139 Å². The van der Waals surface area contributed by atoms with E-state index in [1.165, 1.54) is 7.11 Å². The molecule has 7 heteroatoms. The van der Waals surface area contributed by atoms with Crippen LogP contribution in [-0.2, 0) is 14.8 Å². The van der Waals surface area contributed by atoms with E-state index in [1.807, 2.05) is 30.3 Å². The van der Waals surface area contributed by atoms with Gasteiger partial charge in [0.2, 0.25) is 10.0 Å². The van der Waals surface area contributed by atoms with E-state index >= 15 is 0 Å². The zero-order chi connectivity index (χ0) is 15.5. The molecule has 22 heavy (non-hydrogen) atoms. The number of benzene rings is 1. The first-order valence-electron chi connectivity index (χ1n) is 7.23. The van der Waals surface area contributed by atoms with Gasteiger partial charge in [-0.25, -0.2) is 12.7 Å². The zero-order valence-corrected chi connectivity index (χ0v) is 14.6. The van der Waals surface area contributed by atoms with Crippen LogP contribution in [0.15, 0.2) is 30.3 Å². The van der Waals surface area contributed by atoms with E-state index in [0.29, 0.717) is 19.6 Å². The highest BCUT2D eigenvalue weighted by molar-refractivity contribution is 7.89. The third-order valence-corrected chi connectivity index (χ3v) is 6.38. The van der Waals surface area contributed by atoms with Crippen LogP contribution in [0.4, 0.5) is 0 Å². The largest absolute Gasteiger partial charge is 0.383 e. The van der Waals surface area contributed by atoms with E-state index < -0.39 is 15.3 Å². The Morgan fingerprint density at radius 3 is 2.50 bits per heavy atom. The Bertz CT molecular complexity index is 553. The maximum Gasteiger partial charge on any atom is 0.219 e. The van der Waals surface area contributed by atoms with E-state index in [1.54, 1.807) is 11.2 Å². The molecule has 1 aliphatic heterocycles. The molecule has 0 bridgehead atoms. The van der Waals surface area contributed by atoms with Gasteiger partial charge in [-0.2, -0.15) is 0 Å². The predicted octanol–water partition coefficient (Wildman–Crippen LogP) is 1.45. The molecule has 1 aliphatic rings. The fourth-order valence-corrected chi connectivity index (χ4v) is 4.52. The first-order valence-corrected chi connectivity index (χ1v) is 8.74. The molecule has 1 aromatic rings. The van der Waals surface area contributed by atoms with Crippen LogP contribution in [0.1, 0.15) is 18.4 Å². The summed E-state index contributed by atoms with van der Waals surface area (Å²) in [7, 11) is -1.81. The molecule has 0 saturated carbocycles. The number of hydrogen-bond donors (Lipinski definition) is 1. The lowest BCUT2D eigenvalue weighted by Gasteiger charge is -2.21. The lowest BCUT2D eigenvalue weighted by Crippen LogP contribution is -2.38. The Morgan fingerprint density at radius 2 is 1.95 bits per heavy atom. The molecule has 1 unspecified atom stereocenters. The number of methoxy groups -OCH3 is 1. The molecule has 0 aliphatic carbocycles. The summed E-state index contributed by atoms with van der Waals surface area (Å²) >= 11 is 0. The molecule has 0 radical (unpaired) electrons. The lowest BCUT2D eigenvalue weighted by atomic mass is 9.89. The quantitative estimate of drug-likeness (QED) is 0.844. The molecule has 2 rings (SSSR count). The second kappa shape index (κ2) is 8.26. The number of ether oxygens (including phenoxy) is 1. The smallest absolute Gasteiger partial charge is 0.219 e. The zero-order valence-electron chi connectivity index (χ0n) is 13.0. The van der Waals surface area contributed by atoms with Crippen molar-refractivity contribution in [1.82, 2.24) is 4.31 Å². The van der Waals surface area contributed by atoms with Crippen LogP contribution in [0.5, 0.6) is 0 Å². The second-order valence-corrected chi connectivity index (χ2v) is 7.99. The summed E-state index contributed by atoms with van der Waals surface area (Å²) in [4.78, 5) is 0. The Balaban J connectivity index is 0.00000242. The van der Waals surface area contributed by atoms with Crippen LogP contribution in [0, 0.1) is 5.92 Å². The molecule has 1 heterocycles. The maximum absolute atomic E-state index is 12.6. The van der Waals surface area contributed by atoms with Crippen molar-refractivity contribution in [3.8, 4) is 0 Å². The fourth-order valence-electron chi connectivity index (χ4n) is 2.93. The van der Waals surface area contributed by atoms with Gasteiger partial charge in [0.15, 0.2) is 0 Å². The first-order chi connectivity index (χ1) is 10.0. The minimum atomic E-state index is -3.33. The highest BCUT2D eigenvalue weighted by atomic mass is 35.5. The summed E-state index contributed by atoms with van der Waals surface area (Å²) in [6.45, 7) is 3.38. The molecule has 1 saturated heterocycles. The van der Waals surface area contributed by atoms with Crippen LogP contribution in [-0.4, -0.2) is 51.3 Å². The van der Waals surface area contributed by atoms with E-state index in [0.717, 1.165) is 5.56 Å². The van der Waals surface area contributed by atoms with Gasteiger partial charge in [-0.15, -0.1) is 12.4 Å². The van der Waals surface area contributed by atoms with E-state index in [4.69, 9.17) is 10.5 Å². The highest BCUT2D eigenvalue weighted by Gasteiger charge is 2.40. The van der Waals surface area contributed by atoms with Crippen molar-refractivity contribution >= 4 is 22.4 Å². The normalized spacial score (nSPS) is 24.0. The van der Waals surface area contributed by atoms with Gasteiger partial charge in [-0.3, -0.25) is 0 Å². The third-order valence-electron chi connectivity index (χ3n) is 4.21. The average molecular weight is 349 g/mol. The fraction of sp³-hybridized carbons (Fsp3) is 0.600. The number of hydrogen-bond acceptors (Lipinski definition) is 4. The van der Waals surface area contributed by atoms with Crippen molar-refractivity contribution in [2.75, 3.05) is 33.4 Å². The van der Waals surface area contributed by atoms with Crippen molar-refractivity contribution in [2.24, 2.45) is 11.7 Å². The standard InChI is InChI=1S/C15H24N2O3S.ClH/c1-12(11-20-2)21(18,19)17-9-14(8-16)15(10-17)13-6-4-3-5-7-13;/h3-7,12,14-15H,8-11,16H2,1-2H3;1H/t12?,14-,15+;/m1./s1. The molecule has 1 aromatic carbocycles. The number of nitrogens with two attached hydrogens (primary N) is 1. The first kappa shape index (κ1) is 19.4. The number of nitrogens with zero attached hydrogens (tertiary/aromatic N) is 1. The van der Waals surface area contributed by atoms with Crippen molar-refractivity contribution in [3.63, 3.8) is 0 Å². The summed E-state index contributed by atoms with van der Waals surface area (Å²) in [5.41, 5.74) is 7.01. The van der Waals surface area contributed by atoms with Gasteiger partial charge in [0.25, 0.3) is 0 Å². The summed E-state index contributed by atoms with van der Waals surface area (Å²) in [5, 5.41) is -0.532. The average Bonchev–Trinajstić information content (AvgIpc) is 2.93. The Morgan fingerprint density at radius 1 is 1.32 bits per heavy atom. The predicted molar refractivity (Wildman–Crippen MR) is 90.8 cm³/mol. The molecule has 0 spiro atoms. The highest BCUT2D eigenvalue weighted by Crippen LogP contribution is 2.34. The van der Waals surface area contributed by atoms with Crippen LogP contribution in [0.2, 0.25) is 0 Å². The maximum atomic E-state index is 12.6. The summed E-state index contributed by atoms with van der Waals surface area (Å²) in [6, 6.07) is 10.0. The molecular weight excluding hydrogens is 324 g/mol. The topological polar surface area (TPSA) is 72.6 Å². The minimum absolute atomic E-state index is 0. The molecule has 0 amide bonds. The van der Waals surface area contributed by atoms with Crippen molar-refractivity contribution < 1.29 is 13.2 Å². The van der Waals surface area contributed by atoms with E-state index in [-0.39, 0.29) is 30.8 Å². The van der Waals surface area contributed by atoms with Gasteiger partial charge in [0.05, 0.1) is 11.9 Å². The number of halogens is 1. The van der Waals surface area contributed by atoms with Gasteiger partial charge in [0.1, 0.15) is 0 Å². The van der Waals surface area contributed by atoms with Crippen LogP contribution in [0.3, 0.4) is 0 Å². The van der Waals surface area contributed by atoms with Gasteiger partial charge >= 0.3 is 0 Å². The molecular formula is C15H25ClN2O3S. The third kappa shape index (κ3) is 4.00. The van der Waals surface area contributed by atoms with Gasteiger partial charge in [-0.1, -0.05) is 30.3 Å². The Kier molecular flexibility index (Phi) is 7.28. The van der Waals surface area contributed by atoms with Crippen LogP contribution >= 0.6 is 12.4 Å². The number of rotatable bonds is 6. The number of sulfonamides is 1. The SMILES string of the molecule is COCC(C)S(=O)(=O)N1C[C@@H](CN)[C@H](c2ccccc2)C1.Cl. The summed E-state index contributed by atoms with van der Waals surface area (Å²) < 4.78 is 31.7. The molecule has 126 valence electrons. The van der Waals surface area contributed by atoms with E-state index in [9.17, 15) is 8.42 Å². The van der Waals surface area contributed by atoms with E-state index in [2.05, 4.69) is 0 Å². The lowest BCUT2D eigenvalue weighted by molar-refractivity contribution is 0.198. The molecule has 3 atom stereocenters. The molecule has 2 N–H and O–H groups in total. The summed E-state index contributed by atoms with van der Waals surface area (Å²) in [5.74, 6) is 0.331. The van der Waals surface area contributed by atoms with Crippen LogP contribution < -0.4 is 5.73 Å². The molecule has 0 aromatic heterocycles.